The maximum absolute atomic E-state index is 13.9. The van der Waals surface area contributed by atoms with Crippen molar-refractivity contribution in [2.45, 2.75) is 26.6 Å². The van der Waals surface area contributed by atoms with Gasteiger partial charge in [-0.3, -0.25) is 0 Å². The van der Waals surface area contributed by atoms with Gasteiger partial charge in [0, 0.05) is 10.8 Å². The number of hydrogen-bond donors (Lipinski definition) is 0. The minimum absolute atomic E-state index is 0.172. The number of rotatable bonds is 3. The molecule has 0 fully saturated rings. The van der Waals surface area contributed by atoms with Crippen LogP contribution in [0.3, 0.4) is 0 Å². The van der Waals surface area contributed by atoms with E-state index in [1.165, 1.54) is 0 Å². The Kier molecular flexibility index (Phi) is 4.07. The summed E-state index contributed by atoms with van der Waals surface area (Å²) in [6.45, 7) is 6.19. The van der Waals surface area contributed by atoms with Crippen molar-refractivity contribution in [1.82, 2.24) is 0 Å². The van der Waals surface area contributed by atoms with Gasteiger partial charge in [-0.05, 0) is 6.92 Å². The molecule has 1 aromatic rings. The van der Waals surface area contributed by atoms with Crippen molar-refractivity contribution in [3.05, 3.63) is 23.0 Å². The summed E-state index contributed by atoms with van der Waals surface area (Å²) < 4.78 is 68.0. The van der Waals surface area contributed by atoms with Crippen LogP contribution in [-0.4, -0.2) is 22.7 Å². The van der Waals surface area contributed by atoms with Crippen LogP contribution in [0.15, 0.2) is 0 Å². The first-order valence-electron chi connectivity index (χ1n) is 5.43. The molecule has 0 N–H and O–H groups in total. The predicted molar refractivity (Wildman–Crippen MR) is 69.5 cm³/mol. The van der Waals surface area contributed by atoms with Crippen molar-refractivity contribution < 1.29 is 25.8 Å². The van der Waals surface area contributed by atoms with Gasteiger partial charge in [0.2, 0.25) is 0 Å². The Bertz CT molecular complexity index is 621. The van der Waals surface area contributed by atoms with Crippen molar-refractivity contribution in [3.63, 3.8) is 0 Å². The van der Waals surface area contributed by atoms with E-state index < -0.39 is 41.4 Å². The van der Waals surface area contributed by atoms with Gasteiger partial charge in [-0.1, -0.05) is 19.6 Å². The quantitative estimate of drug-likeness (QED) is 0.489. The number of halogens is 3. The van der Waals surface area contributed by atoms with Crippen LogP contribution < -0.4 is 9.37 Å². The summed E-state index contributed by atoms with van der Waals surface area (Å²) in [4.78, 5) is 0. The molecule has 0 saturated carbocycles. The second-order valence-corrected chi connectivity index (χ2v) is 11.9. The van der Waals surface area contributed by atoms with Gasteiger partial charge >= 0.3 is 10.1 Å². The molecule has 0 unspecified atom stereocenters. The van der Waals surface area contributed by atoms with Crippen LogP contribution in [-0.2, 0) is 10.1 Å². The second-order valence-electron chi connectivity index (χ2n) is 5.31. The van der Waals surface area contributed by atoms with E-state index in [2.05, 4.69) is 4.18 Å². The molecular weight excluding hydrogens is 297 g/mol. The lowest BCUT2D eigenvalue weighted by Gasteiger charge is -2.23. The smallest absolute Gasteiger partial charge is 0.306 e. The molecule has 0 aliphatic heterocycles. The lowest BCUT2D eigenvalue weighted by molar-refractivity contribution is 0.433. The summed E-state index contributed by atoms with van der Waals surface area (Å²) in [6.07, 6.45) is 0.763. The molecule has 0 saturated heterocycles. The monoisotopic (exact) mass is 312 g/mol. The topological polar surface area (TPSA) is 43.4 Å². The maximum Gasteiger partial charge on any atom is 0.306 e. The summed E-state index contributed by atoms with van der Waals surface area (Å²) in [5, 5.41) is -0.172. The zero-order chi connectivity index (χ0) is 15.2. The zero-order valence-corrected chi connectivity index (χ0v) is 13.1. The van der Waals surface area contributed by atoms with Crippen molar-refractivity contribution in [2.24, 2.45) is 0 Å². The van der Waals surface area contributed by atoms with E-state index in [1.54, 1.807) is 19.6 Å². The first-order chi connectivity index (χ1) is 8.36. The van der Waals surface area contributed by atoms with Gasteiger partial charge < -0.3 is 4.18 Å². The minimum Gasteiger partial charge on any atom is -0.382 e. The third-order valence-electron chi connectivity index (χ3n) is 2.49. The number of hydrogen-bond acceptors (Lipinski definition) is 3. The summed E-state index contributed by atoms with van der Waals surface area (Å²) in [5.74, 6) is -4.84. The Morgan fingerprint density at radius 2 is 1.47 bits per heavy atom. The largest absolute Gasteiger partial charge is 0.382 e. The molecule has 0 spiro atoms. The Morgan fingerprint density at radius 1 is 1.00 bits per heavy atom. The van der Waals surface area contributed by atoms with Gasteiger partial charge in [-0.25, -0.2) is 13.2 Å². The third kappa shape index (κ3) is 3.30. The summed E-state index contributed by atoms with van der Waals surface area (Å²) in [5.41, 5.74) is -0.346. The highest BCUT2D eigenvalue weighted by atomic mass is 32.2. The van der Waals surface area contributed by atoms with Crippen LogP contribution >= 0.6 is 0 Å². The van der Waals surface area contributed by atoms with E-state index in [4.69, 9.17) is 0 Å². The van der Waals surface area contributed by atoms with Crippen molar-refractivity contribution in [2.75, 3.05) is 6.26 Å². The SMILES string of the molecule is Cc1c(F)c(F)c(F)c([Si](C)(C)C)c1OS(C)(=O)=O. The molecule has 19 heavy (non-hydrogen) atoms. The Labute approximate surface area is 111 Å². The fraction of sp³-hybridized carbons (Fsp3) is 0.455. The molecule has 0 aliphatic carbocycles. The fourth-order valence-electron chi connectivity index (χ4n) is 1.68. The van der Waals surface area contributed by atoms with E-state index in [9.17, 15) is 21.6 Å². The standard InChI is InChI=1S/C11H15F3O3SSi/c1-6-7(12)8(13)9(14)11(19(3,4)5)10(6)17-18(2,15)16/h1-5H3. The molecule has 1 aromatic carbocycles. The van der Waals surface area contributed by atoms with Crippen molar-refractivity contribution >= 4 is 23.4 Å². The molecule has 0 aliphatic rings. The normalized spacial score (nSPS) is 12.6. The fourth-order valence-corrected chi connectivity index (χ4v) is 3.96. The van der Waals surface area contributed by atoms with Gasteiger partial charge in [0.15, 0.2) is 23.2 Å². The molecule has 0 amide bonds. The Morgan fingerprint density at radius 3 is 1.84 bits per heavy atom. The van der Waals surface area contributed by atoms with Crippen LogP contribution in [0, 0.1) is 24.4 Å². The van der Waals surface area contributed by atoms with Crippen LogP contribution in [0.1, 0.15) is 5.56 Å². The third-order valence-corrected chi connectivity index (χ3v) is 4.90. The zero-order valence-electron chi connectivity index (χ0n) is 11.3. The van der Waals surface area contributed by atoms with Crippen molar-refractivity contribution in [1.29, 1.82) is 0 Å². The molecule has 0 radical (unpaired) electrons. The van der Waals surface area contributed by atoms with Gasteiger partial charge in [-0.2, -0.15) is 8.42 Å². The van der Waals surface area contributed by atoms with E-state index in [-0.39, 0.29) is 10.8 Å². The lowest BCUT2D eigenvalue weighted by atomic mass is 10.2. The highest BCUT2D eigenvalue weighted by Crippen LogP contribution is 2.27. The highest BCUT2D eigenvalue weighted by molar-refractivity contribution is 7.86. The lowest BCUT2D eigenvalue weighted by Crippen LogP contribution is -2.43. The minimum atomic E-state index is -3.96. The van der Waals surface area contributed by atoms with E-state index >= 15 is 0 Å². The maximum atomic E-state index is 13.9. The molecule has 1 rings (SSSR count). The van der Waals surface area contributed by atoms with Crippen molar-refractivity contribution in [3.8, 4) is 5.75 Å². The van der Waals surface area contributed by atoms with Gasteiger partial charge in [-0.15, -0.1) is 0 Å². The van der Waals surface area contributed by atoms with E-state index in [1.807, 2.05) is 0 Å². The molecule has 0 bridgehead atoms. The first kappa shape index (κ1) is 16.0. The van der Waals surface area contributed by atoms with Crippen LogP contribution in [0.4, 0.5) is 13.2 Å². The van der Waals surface area contributed by atoms with Gasteiger partial charge in [0.1, 0.15) is 0 Å². The molecule has 108 valence electrons. The summed E-state index contributed by atoms with van der Waals surface area (Å²) in [7, 11) is -6.44. The van der Waals surface area contributed by atoms with E-state index in [0.29, 0.717) is 0 Å². The highest BCUT2D eigenvalue weighted by Gasteiger charge is 2.33. The molecular formula is C11H15F3O3SSi. The average molecular weight is 312 g/mol. The van der Waals surface area contributed by atoms with Crippen LogP contribution in [0.5, 0.6) is 5.75 Å². The van der Waals surface area contributed by atoms with Gasteiger partial charge in [0.25, 0.3) is 0 Å². The summed E-state index contributed by atoms with van der Waals surface area (Å²) >= 11 is 0. The number of benzene rings is 1. The second kappa shape index (κ2) is 4.82. The summed E-state index contributed by atoms with van der Waals surface area (Å²) in [6, 6.07) is 0. The molecule has 0 heterocycles. The van der Waals surface area contributed by atoms with Gasteiger partial charge in [0.05, 0.1) is 14.3 Å². The molecule has 3 nitrogen and oxygen atoms in total. The van der Waals surface area contributed by atoms with E-state index in [0.717, 1.165) is 13.2 Å². The molecule has 0 aromatic heterocycles. The Hall–Kier alpha value is -1.02. The molecule has 8 heteroatoms. The average Bonchev–Trinajstić information content (AvgIpc) is 2.19. The van der Waals surface area contributed by atoms with Crippen LogP contribution in [0.2, 0.25) is 19.6 Å². The van der Waals surface area contributed by atoms with Crippen LogP contribution in [0.25, 0.3) is 0 Å². The first-order valence-corrected chi connectivity index (χ1v) is 10.7. The predicted octanol–water partition coefficient (Wildman–Crippen LogP) is 2.30. The molecule has 0 atom stereocenters. The Balaban J connectivity index is 3.78.